The molecule has 0 saturated carbocycles. The van der Waals surface area contributed by atoms with Crippen LogP contribution in [0, 0.1) is 5.92 Å². The number of sulfonamides is 1. The van der Waals surface area contributed by atoms with Gasteiger partial charge in [0.2, 0.25) is 10.0 Å². The molecule has 0 aliphatic carbocycles. The van der Waals surface area contributed by atoms with Gasteiger partial charge in [-0.05, 0) is 49.8 Å². The van der Waals surface area contributed by atoms with Gasteiger partial charge in [-0.2, -0.15) is 4.31 Å². The van der Waals surface area contributed by atoms with Crippen molar-refractivity contribution in [1.29, 1.82) is 0 Å². The molecule has 1 fully saturated rings. The van der Waals surface area contributed by atoms with Crippen molar-refractivity contribution >= 4 is 21.6 Å². The SMILES string of the molecule is CCCc1ccc(Cl)c(S(=O)(=O)N2CCC(C(C)N)CC2)c1. The fourth-order valence-electron chi connectivity index (χ4n) is 2.97. The summed E-state index contributed by atoms with van der Waals surface area (Å²) in [5.41, 5.74) is 6.93. The number of piperidine rings is 1. The summed E-state index contributed by atoms with van der Waals surface area (Å²) in [7, 11) is -3.52. The van der Waals surface area contributed by atoms with Crippen LogP contribution in [0.25, 0.3) is 0 Å². The molecule has 1 heterocycles. The van der Waals surface area contributed by atoms with E-state index in [0.717, 1.165) is 31.2 Å². The van der Waals surface area contributed by atoms with Crippen molar-refractivity contribution in [2.45, 2.75) is 50.5 Å². The number of aryl methyl sites for hydroxylation is 1. The van der Waals surface area contributed by atoms with Gasteiger partial charge in [0.05, 0.1) is 5.02 Å². The number of halogens is 1. The molecule has 124 valence electrons. The van der Waals surface area contributed by atoms with Crippen molar-refractivity contribution in [1.82, 2.24) is 4.31 Å². The Kier molecular flexibility index (Phi) is 5.88. The van der Waals surface area contributed by atoms with Crippen LogP contribution in [0.4, 0.5) is 0 Å². The molecular formula is C16H25ClN2O2S. The monoisotopic (exact) mass is 344 g/mol. The molecule has 1 atom stereocenters. The van der Waals surface area contributed by atoms with Crippen LogP contribution >= 0.6 is 11.6 Å². The summed E-state index contributed by atoms with van der Waals surface area (Å²) >= 11 is 6.15. The van der Waals surface area contributed by atoms with Crippen molar-refractivity contribution in [3.8, 4) is 0 Å². The van der Waals surface area contributed by atoms with E-state index in [-0.39, 0.29) is 10.9 Å². The number of nitrogens with zero attached hydrogens (tertiary/aromatic N) is 1. The van der Waals surface area contributed by atoms with Gasteiger partial charge >= 0.3 is 0 Å². The van der Waals surface area contributed by atoms with Crippen molar-refractivity contribution in [2.24, 2.45) is 11.7 Å². The predicted octanol–water partition coefficient (Wildman–Crippen LogP) is 3.04. The molecule has 0 aromatic heterocycles. The molecule has 0 radical (unpaired) electrons. The molecule has 1 unspecified atom stereocenters. The summed E-state index contributed by atoms with van der Waals surface area (Å²) in [6, 6.07) is 5.42. The summed E-state index contributed by atoms with van der Waals surface area (Å²) in [5, 5.41) is 0.300. The van der Waals surface area contributed by atoms with Gasteiger partial charge in [-0.1, -0.05) is 31.0 Å². The normalized spacial score (nSPS) is 19.3. The largest absolute Gasteiger partial charge is 0.328 e. The van der Waals surface area contributed by atoms with E-state index >= 15 is 0 Å². The van der Waals surface area contributed by atoms with E-state index in [0.29, 0.717) is 24.0 Å². The van der Waals surface area contributed by atoms with Crippen molar-refractivity contribution in [3.05, 3.63) is 28.8 Å². The van der Waals surface area contributed by atoms with Crippen LogP contribution in [0.15, 0.2) is 23.1 Å². The van der Waals surface area contributed by atoms with E-state index in [1.807, 2.05) is 13.0 Å². The lowest BCUT2D eigenvalue weighted by Crippen LogP contribution is -2.42. The van der Waals surface area contributed by atoms with Gasteiger partial charge in [-0.15, -0.1) is 0 Å². The predicted molar refractivity (Wildman–Crippen MR) is 90.6 cm³/mol. The number of nitrogens with two attached hydrogens (primary N) is 1. The highest BCUT2D eigenvalue weighted by atomic mass is 35.5. The lowest BCUT2D eigenvalue weighted by atomic mass is 9.92. The van der Waals surface area contributed by atoms with Gasteiger partial charge in [0.25, 0.3) is 0 Å². The third-order valence-electron chi connectivity index (χ3n) is 4.39. The molecule has 1 aromatic rings. The van der Waals surface area contributed by atoms with Crippen LogP contribution in [0.2, 0.25) is 5.02 Å². The first-order valence-corrected chi connectivity index (χ1v) is 9.72. The molecule has 4 nitrogen and oxygen atoms in total. The molecule has 2 rings (SSSR count). The highest BCUT2D eigenvalue weighted by molar-refractivity contribution is 7.89. The number of hydrogen-bond donors (Lipinski definition) is 1. The smallest absolute Gasteiger partial charge is 0.244 e. The van der Waals surface area contributed by atoms with E-state index < -0.39 is 10.0 Å². The molecule has 1 aliphatic rings. The molecule has 0 bridgehead atoms. The Morgan fingerprint density at radius 2 is 2.00 bits per heavy atom. The topological polar surface area (TPSA) is 63.4 Å². The van der Waals surface area contributed by atoms with Crippen molar-refractivity contribution in [2.75, 3.05) is 13.1 Å². The second-order valence-electron chi connectivity index (χ2n) is 6.12. The van der Waals surface area contributed by atoms with E-state index in [4.69, 9.17) is 17.3 Å². The Morgan fingerprint density at radius 1 is 1.36 bits per heavy atom. The Labute approximate surface area is 138 Å². The Bertz CT molecular complexity index is 609. The zero-order valence-corrected chi connectivity index (χ0v) is 14.8. The first-order chi connectivity index (χ1) is 10.4. The first-order valence-electron chi connectivity index (χ1n) is 7.90. The highest BCUT2D eigenvalue weighted by Crippen LogP contribution is 2.30. The fraction of sp³-hybridized carbons (Fsp3) is 0.625. The van der Waals surface area contributed by atoms with Crippen LogP contribution in [-0.4, -0.2) is 31.9 Å². The average molecular weight is 345 g/mol. The maximum absolute atomic E-state index is 12.9. The van der Waals surface area contributed by atoms with Gasteiger partial charge in [0.15, 0.2) is 0 Å². The molecule has 6 heteroatoms. The maximum Gasteiger partial charge on any atom is 0.244 e. The van der Waals surface area contributed by atoms with E-state index in [1.54, 1.807) is 16.4 Å². The molecule has 1 saturated heterocycles. The quantitative estimate of drug-likeness (QED) is 0.892. The average Bonchev–Trinajstić information content (AvgIpc) is 2.49. The summed E-state index contributed by atoms with van der Waals surface area (Å²) in [6.07, 6.45) is 3.44. The van der Waals surface area contributed by atoms with Gasteiger partial charge in [0.1, 0.15) is 4.90 Å². The third-order valence-corrected chi connectivity index (χ3v) is 6.77. The van der Waals surface area contributed by atoms with Crippen LogP contribution in [-0.2, 0) is 16.4 Å². The number of rotatable bonds is 5. The lowest BCUT2D eigenvalue weighted by Gasteiger charge is -2.33. The summed E-state index contributed by atoms with van der Waals surface area (Å²) in [5.74, 6) is 0.397. The van der Waals surface area contributed by atoms with Crippen LogP contribution < -0.4 is 5.73 Å². The first kappa shape index (κ1) is 17.7. The van der Waals surface area contributed by atoms with Crippen molar-refractivity contribution in [3.63, 3.8) is 0 Å². The minimum absolute atomic E-state index is 0.112. The second kappa shape index (κ2) is 7.30. The Balaban J connectivity index is 2.22. The van der Waals surface area contributed by atoms with E-state index in [2.05, 4.69) is 6.92 Å². The highest BCUT2D eigenvalue weighted by Gasteiger charge is 2.31. The Morgan fingerprint density at radius 3 is 2.55 bits per heavy atom. The lowest BCUT2D eigenvalue weighted by molar-refractivity contribution is 0.250. The summed E-state index contributed by atoms with van der Waals surface area (Å²) in [4.78, 5) is 0.236. The van der Waals surface area contributed by atoms with Crippen molar-refractivity contribution < 1.29 is 8.42 Å². The zero-order valence-electron chi connectivity index (χ0n) is 13.3. The van der Waals surface area contributed by atoms with Crippen LogP contribution in [0.5, 0.6) is 0 Å². The van der Waals surface area contributed by atoms with Gasteiger partial charge < -0.3 is 5.73 Å². The summed E-state index contributed by atoms with van der Waals surface area (Å²) < 4.78 is 27.2. The van der Waals surface area contributed by atoms with Gasteiger partial charge in [0, 0.05) is 19.1 Å². The van der Waals surface area contributed by atoms with Crippen LogP contribution in [0.1, 0.15) is 38.7 Å². The van der Waals surface area contributed by atoms with E-state index in [1.165, 1.54) is 0 Å². The molecule has 0 spiro atoms. The minimum atomic E-state index is -3.52. The standard InChI is InChI=1S/C16H25ClN2O2S/c1-3-4-13-5-6-15(17)16(11-13)22(20,21)19-9-7-14(8-10-19)12(2)18/h5-6,11-12,14H,3-4,7-10,18H2,1-2H3. The van der Waals surface area contributed by atoms with E-state index in [9.17, 15) is 8.42 Å². The molecule has 1 aliphatic heterocycles. The number of hydrogen-bond acceptors (Lipinski definition) is 3. The number of benzene rings is 1. The minimum Gasteiger partial charge on any atom is -0.328 e. The third kappa shape index (κ3) is 3.82. The van der Waals surface area contributed by atoms with Gasteiger partial charge in [-0.25, -0.2) is 8.42 Å². The molecular weight excluding hydrogens is 320 g/mol. The fourth-order valence-corrected chi connectivity index (χ4v) is 4.97. The molecule has 22 heavy (non-hydrogen) atoms. The Hall–Kier alpha value is -0.620. The second-order valence-corrected chi connectivity index (χ2v) is 8.43. The van der Waals surface area contributed by atoms with Crippen LogP contribution in [0.3, 0.4) is 0 Å². The molecule has 1 aromatic carbocycles. The molecule has 0 amide bonds. The zero-order chi connectivity index (χ0) is 16.3. The summed E-state index contributed by atoms with van der Waals surface area (Å²) in [6.45, 7) is 5.09. The molecule has 2 N–H and O–H groups in total. The maximum atomic E-state index is 12.9. The van der Waals surface area contributed by atoms with Gasteiger partial charge in [-0.3, -0.25) is 0 Å².